The SMILES string of the molecule is CNCC(=O)N1CCC2(CC1)C[C@](C)(NC(=O)CCc1ccncc1)[C@@H](O)CO2.Cl.Cl. The van der Waals surface area contributed by atoms with Crippen molar-refractivity contribution in [2.24, 2.45) is 0 Å². The number of aromatic nitrogens is 1. The lowest BCUT2D eigenvalue weighted by Crippen LogP contribution is -2.66. The van der Waals surface area contributed by atoms with Gasteiger partial charge in [-0.1, -0.05) is 0 Å². The maximum atomic E-state index is 12.6. The van der Waals surface area contributed by atoms with E-state index < -0.39 is 17.2 Å². The Morgan fingerprint density at radius 1 is 1.26 bits per heavy atom. The number of carbonyl (C=O) groups excluding carboxylic acids is 2. The molecular formula is C21H34Cl2N4O4. The van der Waals surface area contributed by atoms with Gasteiger partial charge >= 0.3 is 0 Å². The van der Waals surface area contributed by atoms with Gasteiger partial charge in [-0.15, -0.1) is 24.8 Å². The predicted molar refractivity (Wildman–Crippen MR) is 123 cm³/mol. The summed E-state index contributed by atoms with van der Waals surface area (Å²) >= 11 is 0. The second-order valence-corrected chi connectivity index (χ2v) is 8.42. The number of likely N-dealkylation sites (N-methyl/N-ethyl adjacent to an activating group) is 1. The van der Waals surface area contributed by atoms with Crippen molar-refractivity contribution < 1.29 is 19.4 Å². The third-order valence-electron chi connectivity index (χ3n) is 6.14. The second kappa shape index (κ2) is 12.0. The molecule has 2 amide bonds. The first-order valence-corrected chi connectivity index (χ1v) is 10.3. The first-order valence-electron chi connectivity index (χ1n) is 10.3. The number of hydrogen-bond donors (Lipinski definition) is 3. The third-order valence-corrected chi connectivity index (χ3v) is 6.14. The van der Waals surface area contributed by atoms with E-state index in [0.29, 0.717) is 51.7 Å². The summed E-state index contributed by atoms with van der Waals surface area (Å²) in [6.45, 7) is 3.67. The van der Waals surface area contributed by atoms with E-state index in [2.05, 4.69) is 15.6 Å². The summed E-state index contributed by atoms with van der Waals surface area (Å²) in [7, 11) is 1.76. The molecule has 31 heavy (non-hydrogen) atoms. The number of nitrogens with zero attached hydrogens (tertiary/aromatic N) is 2. The highest BCUT2D eigenvalue weighted by atomic mass is 35.5. The molecule has 2 aliphatic heterocycles. The Morgan fingerprint density at radius 2 is 1.90 bits per heavy atom. The van der Waals surface area contributed by atoms with Crippen LogP contribution in [0.1, 0.15) is 38.2 Å². The van der Waals surface area contributed by atoms with Gasteiger partial charge in [-0.25, -0.2) is 0 Å². The molecule has 3 rings (SSSR count). The number of likely N-dealkylation sites (tertiary alicyclic amines) is 1. The van der Waals surface area contributed by atoms with Gasteiger partial charge in [-0.2, -0.15) is 0 Å². The van der Waals surface area contributed by atoms with E-state index in [1.54, 1.807) is 19.4 Å². The Morgan fingerprint density at radius 3 is 2.52 bits per heavy atom. The topological polar surface area (TPSA) is 104 Å². The number of halogens is 2. The smallest absolute Gasteiger partial charge is 0.236 e. The monoisotopic (exact) mass is 476 g/mol. The van der Waals surface area contributed by atoms with Crippen LogP contribution in [0, 0.1) is 0 Å². The average molecular weight is 477 g/mol. The summed E-state index contributed by atoms with van der Waals surface area (Å²) in [5.41, 5.74) is -0.101. The summed E-state index contributed by atoms with van der Waals surface area (Å²) in [6.07, 6.45) is 5.60. The zero-order valence-electron chi connectivity index (χ0n) is 18.1. The number of hydrogen-bond acceptors (Lipinski definition) is 6. The van der Waals surface area contributed by atoms with Gasteiger partial charge in [0.15, 0.2) is 0 Å². The van der Waals surface area contributed by atoms with Crippen LogP contribution < -0.4 is 10.6 Å². The van der Waals surface area contributed by atoms with E-state index in [-0.39, 0.29) is 43.2 Å². The van der Waals surface area contributed by atoms with Crippen LogP contribution in [-0.2, 0) is 20.7 Å². The Hall–Kier alpha value is -1.45. The van der Waals surface area contributed by atoms with Gasteiger partial charge < -0.3 is 25.4 Å². The maximum absolute atomic E-state index is 12.6. The Labute approximate surface area is 196 Å². The number of carbonyl (C=O) groups is 2. The largest absolute Gasteiger partial charge is 0.388 e. The summed E-state index contributed by atoms with van der Waals surface area (Å²) in [6, 6.07) is 3.80. The summed E-state index contributed by atoms with van der Waals surface area (Å²) in [4.78, 5) is 30.5. The molecule has 0 bridgehead atoms. The standard InChI is InChI=1S/C21H32N4O4.2ClH/c1-20(24-18(27)4-3-16-5-9-23-10-6-16)15-21(29-14-17(20)26)7-11-25(12-8-21)19(28)13-22-2;;/h5-6,9-10,17,22,26H,3-4,7-8,11-15H2,1-2H3,(H,24,27);2*1H/t17-,20-;;/m0../s1. The molecule has 0 aliphatic carbocycles. The van der Waals surface area contributed by atoms with Crippen molar-refractivity contribution in [3.63, 3.8) is 0 Å². The van der Waals surface area contributed by atoms with Crippen molar-refractivity contribution in [1.29, 1.82) is 0 Å². The minimum absolute atomic E-state index is 0. The van der Waals surface area contributed by atoms with Gasteiger partial charge in [0.1, 0.15) is 6.10 Å². The molecular weight excluding hydrogens is 443 g/mol. The van der Waals surface area contributed by atoms with E-state index in [9.17, 15) is 14.7 Å². The molecule has 2 aliphatic rings. The maximum Gasteiger partial charge on any atom is 0.236 e. The van der Waals surface area contributed by atoms with Crippen molar-refractivity contribution in [2.75, 3.05) is 33.3 Å². The fourth-order valence-electron chi connectivity index (χ4n) is 4.34. The zero-order valence-corrected chi connectivity index (χ0v) is 19.8. The molecule has 176 valence electrons. The zero-order chi connectivity index (χ0) is 20.9. The van der Waals surface area contributed by atoms with E-state index >= 15 is 0 Å². The second-order valence-electron chi connectivity index (χ2n) is 8.42. The van der Waals surface area contributed by atoms with Gasteiger partial charge in [0.25, 0.3) is 0 Å². The van der Waals surface area contributed by atoms with Crippen LogP contribution in [0.25, 0.3) is 0 Å². The number of aliphatic hydroxyl groups is 1. The highest BCUT2D eigenvalue weighted by molar-refractivity contribution is 5.85. The molecule has 8 nitrogen and oxygen atoms in total. The lowest BCUT2D eigenvalue weighted by molar-refractivity contribution is -0.182. The van der Waals surface area contributed by atoms with Crippen LogP contribution >= 0.6 is 24.8 Å². The number of pyridine rings is 1. The van der Waals surface area contributed by atoms with Crippen molar-refractivity contribution in [2.45, 2.75) is 56.3 Å². The first-order chi connectivity index (χ1) is 13.9. The molecule has 3 N–H and O–H groups in total. The fraction of sp³-hybridized carbons (Fsp3) is 0.667. The van der Waals surface area contributed by atoms with E-state index in [4.69, 9.17) is 4.74 Å². The molecule has 10 heteroatoms. The summed E-state index contributed by atoms with van der Waals surface area (Å²) < 4.78 is 6.05. The van der Waals surface area contributed by atoms with Crippen molar-refractivity contribution in [3.05, 3.63) is 30.1 Å². The summed E-state index contributed by atoms with van der Waals surface area (Å²) in [5.74, 6) is 0.00687. The highest BCUT2D eigenvalue weighted by Crippen LogP contribution is 2.39. The van der Waals surface area contributed by atoms with Crippen LogP contribution in [0.5, 0.6) is 0 Å². The number of piperidine rings is 1. The van der Waals surface area contributed by atoms with Gasteiger partial charge in [-0.3, -0.25) is 14.6 Å². The molecule has 2 atom stereocenters. The third kappa shape index (κ3) is 7.02. The Balaban J connectivity index is 0.00000240. The number of aliphatic hydroxyl groups excluding tert-OH is 1. The Kier molecular flexibility index (Phi) is 10.6. The molecule has 0 radical (unpaired) electrons. The minimum Gasteiger partial charge on any atom is -0.388 e. The van der Waals surface area contributed by atoms with Crippen LogP contribution in [-0.4, -0.2) is 77.3 Å². The average Bonchev–Trinajstić information content (AvgIpc) is 2.71. The molecule has 0 saturated carbocycles. The number of aryl methyl sites for hydroxylation is 1. The first kappa shape index (κ1) is 27.6. The fourth-order valence-corrected chi connectivity index (χ4v) is 4.34. The van der Waals surface area contributed by atoms with Crippen molar-refractivity contribution >= 4 is 36.6 Å². The normalized spacial score (nSPS) is 24.6. The van der Waals surface area contributed by atoms with Crippen LogP contribution in [0.4, 0.5) is 0 Å². The predicted octanol–water partition coefficient (Wildman–Crippen LogP) is 1.09. The molecule has 1 spiro atoms. The minimum atomic E-state index is -0.762. The van der Waals surface area contributed by atoms with Gasteiger partial charge in [0.05, 0.1) is 24.3 Å². The van der Waals surface area contributed by atoms with E-state index in [1.807, 2.05) is 24.0 Å². The van der Waals surface area contributed by atoms with Gasteiger partial charge in [0.2, 0.25) is 11.8 Å². The number of ether oxygens (including phenoxy) is 1. The number of nitrogens with one attached hydrogen (secondary N) is 2. The van der Waals surface area contributed by atoms with Gasteiger partial charge in [0, 0.05) is 38.3 Å². The van der Waals surface area contributed by atoms with Crippen LogP contribution in [0.3, 0.4) is 0 Å². The molecule has 2 saturated heterocycles. The Bertz CT molecular complexity index is 717. The number of amides is 2. The van der Waals surface area contributed by atoms with Crippen LogP contribution in [0.15, 0.2) is 24.5 Å². The lowest BCUT2D eigenvalue weighted by Gasteiger charge is -2.52. The summed E-state index contributed by atoms with van der Waals surface area (Å²) in [5, 5.41) is 16.5. The molecule has 1 aromatic heterocycles. The molecule has 1 aromatic rings. The highest BCUT2D eigenvalue weighted by Gasteiger charge is 2.50. The molecule has 0 unspecified atom stereocenters. The molecule has 2 fully saturated rings. The van der Waals surface area contributed by atoms with E-state index in [1.165, 1.54) is 0 Å². The van der Waals surface area contributed by atoms with Crippen molar-refractivity contribution in [3.8, 4) is 0 Å². The van der Waals surface area contributed by atoms with Crippen molar-refractivity contribution in [1.82, 2.24) is 20.5 Å². The molecule has 0 aromatic carbocycles. The van der Waals surface area contributed by atoms with E-state index in [0.717, 1.165) is 5.56 Å². The molecule has 3 heterocycles. The number of rotatable bonds is 6. The lowest BCUT2D eigenvalue weighted by atomic mass is 9.74. The van der Waals surface area contributed by atoms with Gasteiger partial charge in [-0.05, 0) is 50.9 Å². The van der Waals surface area contributed by atoms with Crippen LogP contribution in [0.2, 0.25) is 0 Å². The quantitative estimate of drug-likeness (QED) is 0.567.